The minimum absolute atomic E-state index is 0.0461. The smallest absolute Gasteiger partial charge is 0.243 e. The van der Waals surface area contributed by atoms with Crippen molar-refractivity contribution >= 4 is 44.0 Å². The molecule has 1 N–H and O–H groups in total. The van der Waals surface area contributed by atoms with Gasteiger partial charge in [0, 0.05) is 17.2 Å². The summed E-state index contributed by atoms with van der Waals surface area (Å²) in [7, 11) is 1.92. The highest BCUT2D eigenvalue weighted by Gasteiger charge is 2.10. The Balaban J connectivity index is 1.70. The molecule has 1 amide bonds. The van der Waals surface area contributed by atoms with E-state index in [0.717, 1.165) is 21.4 Å². The molecule has 0 saturated heterocycles. The fraction of sp³-hybridized carbons (Fsp3) is 0.150. The van der Waals surface area contributed by atoms with Crippen molar-refractivity contribution in [1.82, 2.24) is 0 Å². The van der Waals surface area contributed by atoms with Crippen LogP contribution in [0.2, 0.25) is 0 Å². The predicted molar refractivity (Wildman–Crippen MR) is 105 cm³/mol. The van der Waals surface area contributed by atoms with E-state index in [1.807, 2.05) is 55.3 Å². The number of anilines is 2. The largest absolute Gasteiger partial charge is 0.365 e. The number of nitrogens with zero attached hydrogens (tertiary/aromatic N) is 1. The van der Waals surface area contributed by atoms with Crippen LogP contribution in [0.4, 0.5) is 11.4 Å². The maximum atomic E-state index is 12.3. The standard InChI is InChI=1S/C20H19BrN2O/c1-14-7-10-19(18(21)11-14)22-20(24)13-23(2)17-9-8-15-5-3-4-6-16(15)12-17/h3-12H,13H2,1-2H3,(H,22,24). The summed E-state index contributed by atoms with van der Waals surface area (Å²) < 4.78 is 0.893. The molecule has 0 aliphatic rings. The third-order valence-electron chi connectivity index (χ3n) is 3.95. The van der Waals surface area contributed by atoms with Gasteiger partial charge in [0.15, 0.2) is 0 Å². The molecule has 3 rings (SSSR count). The van der Waals surface area contributed by atoms with E-state index in [1.54, 1.807) is 0 Å². The molecule has 0 aliphatic heterocycles. The zero-order valence-electron chi connectivity index (χ0n) is 13.7. The quantitative estimate of drug-likeness (QED) is 0.689. The molecule has 3 aromatic carbocycles. The van der Waals surface area contributed by atoms with Crippen LogP contribution in [-0.4, -0.2) is 19.5 Å². The highest BCUT2D eigenvalue weighted by atomic mass is 79.9. The summed E-state index contributed by atoms with van der Waals surface area (Å²) in [6.45, 7) is 2.31. The summed E-state index contributed by atoms with van der Waals surface area (Å²) in [4.78, 5) is 14.3. The molecule has 0 unspecified atom stereocenters. The summed E-state index contributed by atoms with van der Waals surface area (Å²) in [5, 5.41) is 5.31. The van der Waals surface area contributed by atoms with Crippen molar-refractivity contribution in [1.29, 1.82) is 0 Å². The number of amides is 1. The molecule has 0 saturated carbocycles. The number of carbonyl (C=O) groups excluding carboxylic acids is 1. The average molecular weight is 383 g/mol. The van der Waals surface area contributed by atoms with Crippen LogP contribution < -0.4 is 10.2 Å². The Bertz CT molecular complexity index is 892. The van der Waals surface area contributed by atoms with Crippen molar-refractivity contribution in [2.24, 2.45) is 0 Å². The number of benzene rings is 3. The van der Waals surface area contributed by atoms with Gasteiger partial charge in [-0.1, -0.05) is 36.4 Å². The maximum absolute atomic E-state index is 12.3. The molecule has 3 aromatic rings. The van der Waals surface area contributed by atoms with Crippen molar-refractivity contribution < 1.29 is 4.79 Å². The van der Waals surface area contributed by atoms with Crippen molar-refractivity contribution in [2.75, 3.05) is 23.8 Å². The number of hydrogen-bond acceptors (Lipinski definition) is 2. The number of aryl methyl sites for hydroxylation is 1. The number of nitrogens with one attached hydrogen (secondary N) is 1. The summed E-state index contributed by atoms with van der Waals surface area (Å²) in [6, 6.07) is 20.3. The van der Waals surface area contributed by atoms with E-state index < -0.39 is 0 Å². The number of carbonyl (C=O) groups is 1. The minimum atomic E-state index is -0.0461. The number of hydrogen-bond donors (Lipinski definition) is 1. The van der Waals surface area contributed by atoms with E-state index >= 15 is 0 Å². The third-order valence-corrected chi connectivity index (χ3v) is 4.61. The molecule has 0 spiro atoms. The van der Waals surface area contributed by atoms with Crippen LogP contribution in [-0.2, 0) is 4.79 Å². The van der Waals surface area contributed by atoms with Gasteiger partial charge in [-0.25, -0.2) is 0 Å². The Morgan fingerprint density at radius 2 is 1.79 bits per heavy atom. The van der Waals surface area contributed by atoms with E-state index in [0.29, 0.717) is 6.54 Å². The van der Waals surface area contributed by atoms with Crippen LogP contribution in [0.3, 0.4) is 0 Å². The van der Waals surface area contributed by atoms with Gasteiger partial charge >= 0.3 is 0 Å². The van der Waals surface area contributed by atoms with Gasteiger partial charge in [0.05, 0.1) is 12.2 Å². The minimum Gasteiger partial charge on any atom is -0.365 e. The summed E-state index contributed by atoms with van der Waals surface area (Å²) in [6.07, 6.45) is 0. The van der Waals surface area contributed by atoms with Crippen LogP contribution in [0.15, 0.2) is 65.1 Å². The molecule has 24 heavy (non-hydrogen) atoms. The molecular formula is C20H19BrN2O. The van der Waals surface area contributed by atoms with E-state index in [2.05, 4.69) is 45.5 Å². The second-order valence-corrected chi connectivity index (χ2v) is 6.77. The first kappa shape index (κ1) is 16.5. The Hall–Kier alpha value is -2.33. The van der Waals surface area contributed by atoms with Crippen LogP contribution in [0.1, 0.15) is 5.56 Å². The average Bonchev–Trinajstić information content (AvgIpc) is 2.57. The van der Waals surface area contributed by atoms with Gasteiger partial charge in [-0.05, 0) is 63.5 Å². The highest BCUT2D eigenvalue weighted by molar-refractivity contribution is 9.10. The number of halogens is 1. The van der Waals surface area contributed by atoms with E-state index in [1.165, 1.54) is 10.8 Å². The first-order chi connectivity index (χ1) is 11.5. The molecule has 0 atom stereocenters. The van der Waals surface area contributed by atoms with Gasteiger partial charge in [-0.15, -0.1) is 0 Å². The SMILES string of the molecule is Cc1ccc(NC(=O)CN(C)c2ccc3ccccc3c2)c(Br)c1. The highest BCUT2D eigenvalue weighted by Crippen LogP contribution is 2.24. The molecule has 122 valence electrons. The van der Waals surface area contributed by atoms with Crippen molar-refractivity contribution in [3.63, 3.8) is 0 Å². The molecule has 0 aliphatic carbocycles. The Kier molecular flexibility index (Phi) is 4.86. The zero-order chi connectivity index (χ0) is 17.1. The van der Waals surface area contributed by atoms with Gasteiger partial charge in [0.1, 0.15) is 0 Å². The molecule has 4 heteroatoms. The molecule has 0 fully saturated rings. The van der Waals surface area contributed by atoms with Crippen molar-refractivity contribution in [3.8, 4) is 0 Å². The van der Waals surface area contributed by atoms with Gasteiger partial charge in [0.25, 0.3) is 0 Å². The molecular weight excluding hydrogens is 364 g/mol. The van der Waals surface area contributed by atoms with E-state index in [4.69, 9.17) is 0 Å². The van der Waals surface area contributed by atoms with Crippen LogP contribution >= 0.6 is 15.9 Å². The molecule has 3 nitrogen and oxygen atoms in total. The van der Waals surface area contributed by atoms with Crippen molar-refractivity contribution in [2.45, 2.75) is 6.92 Å². The summed E-state index contributed by atoms with van der Waals surface area (Å²) in [5.41, 5.74) is 2.96. The van der Waals surface area contributed by atoms with Gasteiger partial charge < -0.3 is 10.2 Å². The van der Waals surface area contributed by atoms with E-state index in [9.17, 15) is 4.79 Å². The third kappa shape index (κ3) is 3.77. The lowest BCUT2D eigenvalue weighted by Crippen LogP contribution is -2.30. The topological polar surface area (TPSA) is 32.3 Å². The maximum Gasteiger partial charge on any atom is 0.243 e. The Morgan fingerprint density at radius 1 is 1.04 bits per heavy atom. The molecule has 0 heterocycles. The number of fused-ring (bicyclic) bond motifs is 1. The first-order valence-corrected chi connectivity index (χ1v) is 8.58. The zero-order valence-corrected chi connectivity index (χ0v) is 15.3. The monoisotopic (exact) mass is 382 g/mol. The molecule has 0 radical (unpaired) electrons. The van der Waals surface area contributed by atoms with Crippen LogP contribution in [0.25, 0.3) is 10.8 Å². The second kappa shape index (κ2) is 7.05. The van der Waals surface area contributed by atoms with Gasteiger partial charge in [-0.2, -0.15) is 0 Å². The lowest BCUT2D eigenvalue weighted by molar-refractivity contribution is -0.114. The normalized spacial score (nSPS) is 10.6. The van der Waals surface area contributed by atoms with Crippen molar-refractivity contribution in [3.05, 3.63) is 70.7 Å². The van der Waals surface area contributed by atoms with Gasteiger partial charge in [-0.3, -0.25) is 4.79 Å². The van der Waals surface area contributed by atoms with Gasteiger partial charge in [0.2, 0.25) is 5.91 Å². The summed E-state index contributed by atoms with van der Waals surface area (Å²) >= 11 is 3.49. The van der Waals surface area contributed by atoms with Crippen LogP contribution in [0, 0.1) is 6.92 Å². The first-order valence-electron chi connectivity index (χ1n) is 7.79. The van der Waals surface area contributed by atoms with E-state index in [-0.39, 0.29) is 5.91 Å². The van der Waals surface area contributed by atoms with Crippen LogP contribution in [0.5, 0.6) is 0 Å². The predicted octanol–water partition coefficient (Wildman–Crippen LogP) is 4.99. The lowest BCUT2D eigenvalue weighted by atomic mass is 10.1. The number of likely N-dealkylation sites (N-methyl/N-ethyl adjacent to an activating group) is 1. The molecule has 0 aromatic heterocycles. The Morgan fingerprint density at radius 3 is 2.54 bits per heavy atom. The fourth-order valence-electron chi connectivity index (χ4n) is 2.63. The second-order valence-electron chi connectivity index (χ2n) is 5.92. The Labute approximate surface area is 150 Å². The fourth-order valence-corrected chi connectivity index (χ4v) is 3.22. The summed E-state index contributed by atoms with van der Waals surface area (Å²) in [5.74, 6) is -0.0461. The molecule has 0 bridgehead atoms. The lowest BCUT2D eigenvalue weighted by Gasteiger charge is -2.19. The number of rotatable bonds is 4.